The van der Waals surface area contributed by atoms with E-state index in [1.165, 1.54) is 12.0 Å². The van der Waals surface area contributed by atoms with Crippen LogP contribution in [0.5, 0.6) is 0 Å². The first-order valence-corrected chi connectivity index (χ1v) is 3.77. The molecule has 70 valence electrons. The van der Waals surface area contributed by atoms with E-state index in [2.05, 4.69) is 6.58 Å². The molecule has 0 saturated heterocycles. The summed E-state index contributed by atoms with van der Waals surface area (Å²) in [5.74, 6) is 0. The van der Waals surface area contributed by atoms with Gasteiger partial charge in [0.25, 0.3) is 0 Å². The van der Waals surface area contributed by atoms with Crippen molar-refractivity contribution in [3.63, 3.8) is 0 Å². The van der Waals surface area contributed by atoms with Gasteiger partial charge in [-0.25, -0.2) is 4.79 Å². The maximum atomic E-state index is 11.1. The van der Waals surface area contributed by atoms with Crippen LogP contribution in [-0.2, 0) is 9.47 Å². The molecule has 1 amide bonds. The van der Waals surface area contributed by atoms with Gasteiger partial charge in [0, 0.05) is 13.7 Å². The van der Waals surface area contributed by atoms with Crippen LogP contribution in [0, 0.1) is 0 Å². The third-order valence-electron chi connectivity index (χ3n) is 1.16. The number of hydrogen-bond acceptors (Lipinski definition) is 3. The van der Waals surface area contributed by atoms with Crippen LogP contribution >= 0.6 is 0 Å². The molecule has 0 bridgehead atoms. The van der Waals surface area contributed by atoms with Gasteiger partial charge in [-0.1, -0.05) is 6.08 Å². The van der Waals surface area contributed by atoms with E-state index < -0.39 is 0 Å². The predicted molar refractivity (Wildman–Crippen MR) is 45.8 cm³/mol. The predicted octanol–water partition coefficient (Wildman–Crippen LogP) is 1.23. The second kappa shape index (κ2) is 6.67. The van der Waals surface area contributed by atoms with Crippen molar-refractivity contribution in [2.75, 3.05) is 27.0 Å². The Labute approximate surface area is 72.8 Å². The number of hydrogen-bond donors (Lipinski definition) is 0. The van der Waals surface area contributed by atoms with Crippen molar-refractivity contribution >= 4 is 6.09 Å². The average molecular weight is 173 g/mol. The van der Waals surface area contributed by atoms with Gasteiger partial charge in [0.2, 0.25) is 0 Å². The molecule has 0 aliphatic rings. The van der Waals surface area contributed by atoms with Gasteiger partial charge in [0.15, 0.2) is 0 Å². The minimum atomic E-state index is -0.376. The van der Waals surface area contributed by atoms with Crippen LogP contribution < -0.4 is 0 Å². The largest absolute Gasteiger partial charge is 0.450 e. The molecule has 0 aromatic carbocycles. The molecule has 0 aliphatic heterocycles. The molecule has 0 aromatic rings. The summed E-state index contributed by atoms with van der Waals surface area (Å²) in [5.41, 5.74) is 0. The number of carbonyl (C=O) groups is 1. The van der Waals surface area contributed by atoms with Crippen molar-refractivity contribution < 1.29 is 14.3 Å². The van der Waals surface area contributed by atoms with Crippen LogP contribution in [0.25, 0.3) is 0 Å². The van der Waals surface area contributed by atoms with Crippen LogP contribution in [0.1, 0.15) is 6.92 Å². The van der Waals surface area contributed by atoms with Crippen LogP contribution in [0.4, 0.5) is 4.79 Å². The molecule has 0 atom stereocenters. The summed E-state index contributed by atoms with van der Waals surface area (Å²) in [5, 5.41) is 0. The summed E-state index contributed by atoms with van der Waals surface area (Å²) in [6.45, 7) is 6.32. The van der Waals surface area contributed by atoms with Gasteiger partial charge < -0.3 is 9.47 Å². The molecule has 0 aliphatic carbocycles. The quantitative estimate of drug-likeness (QED) is 0.463. The minimum absolute atomic E-state index is 0.227. The Morgan fingerprint density at radius 2 is 2.33 bits per heavy atom. The zero-order chi connectivity index (χ0) is 9.40. The molecule has 0 aromatic heterocycles. The smallest absolute Gasteiger partial charge is 0.411 e. The average Bonchev–Trinajstić information content (AvgIpc) is 2.04. The van der Waals surface area contributed by atoms with Crippen LogP contribution in [0.2, 0.25) is 0 Å². The van der Waals surface area contributed by atoms with Gasteiger partial charge in [0.05, 0.1) is 6.61 Å². The summed E-state index contributed by atoms with van der Waals surface area (Å²) < 4.78 is 9.57. The molecule has 0 heterocycles. The highest BCUT2D eigenvalue weighted by Gasteiger charge is 2.11. The molecule has 0 N–H and O–H groups in total. The van der Waals surface area contributed by atoms with Gasteiger partial charge in [0.1, 0.15) is 6.73 Å². The van der Waals surface area contributed by atoms with Crippen LogP contribution in [0.15, 0.2) is 12.7 Å². The summed E-state index contributed by atoms with van der Waals surface area (Å²) in [6, 6.07) is 0. The number of rotatable bonds is 5. The monoisotopic (exact) mass is 173 g/mol. The Balaban J connectivity index is 3.89. The summed E-state index contributed by atoms with van der Waals surface area (Å²) >= 11 is 0. The van der Waals surface area contributed by atoms with E-state index in [1.807, 2.05) is 0 Å². The standard InChI is InChI=1S/C8H15NO3/c1-4-6-9(7-11-3)8(10)12-5-2/h4H,1,5-7H2,2-3H3. The lowest BCUT2D eigenvalue weighted by atomic mass is 10.6. The fourth-order valence-corrected chi connectivity index (χ4v) is 0.706. The second-order valence-corrected chi connectivity index (χ2v) is 2.13. The summed E-state index contributed by atoms with van der Waals surface area (Å²) in [6.07, 6.45) is 1.25. The maximum absolute atomic E-state index is 11.1. The Kier molecular flexibility index (Phi) is 6.09. The lowest BCUT2D eigenvalue weighted by Crippen LogP contribution is -2.33. The SMILES string of the molecule is C=CCN(COC)C(=O)OCC. The molecule has 0 spiro atoms. The molecule has 4 nitrogen and oxygen atoms in total. The van der Waals surface area contributed by atoms with Crippen molar-refractivity contribution in [1.82, 2.24) is 4.90 Å². The highest BCUT2D eigenvalue weighted by Crippen LogP contribution is 1.94. The molecular weight excluding hydrogens is 158 g/mol. The summed E-state index contributed by atoms with van der Waals surface area (Å²) in [4.78, 5) is 12.5. The Morgan fingerprint density at radius 1 is 1.67 bits per heavy atom. The Morgan fingerprint density at radius 3 is 2.75 bits per heavy atom. The van der Waals surface area contributed by atoms with Crippen LogP contribution in [-0.4, -0.2) is 38.0 Å². The normalized spacial score (nSPS) is 9.17. The van der Waals surface area contributed by atoms with Crippen molar-refractivity contribution in [3.8, 4) is 0 Å². The maximum Gasteiger partial charge on any atom is 0.411 e. The zero-order valence-corrected chi connectivity index (χ0v) is 7.58. The topological polar surface area (TPSA) is 38.8 Å². The van der Waals surface area contributed by atoms with Crippen molar-refractivity contribution in [3.05, 3.63) is 12.7 Å². The van der Waals surface area contributed by atoms with E-state index in [9.17, 15) is 4.79 Å². The first-order chi connectivity index (χ1) is 5.76. The van der Waals surface area contributed by atoms with Crippen molar-refractivity contribution in [2.24, 2.45) is 0 Å². The Bertz CT molecular complexity index is 147. The lowest BCUT2D eigenvalue weighted by molar-refractivity contribution is 0.0492. The van der Waals surface area contributed by atoms with E-state index in [4.69, 9.17) is 9.47 Å². The van der Waals surface area contributed by atoms with E-state index in [0.717, 1.165) is 0 Å². The molecular formula is C8H15NO3. The zero-order valence-electron chi connectivity index (χ0n) is 7.58. The highest BCUT2D eigenvalue weighted by atomic mass is 16.6. The van der Waals surface area contributed by atoms with E-state index >= 15 is 0 Å². The Hall–Kier alpha value is -1.03. The number of amides is 1. The molecule has 4 heteroatoms. The summed E-state index contributed by atoms with van der Waals surface area (Å²) in [7, 11) is 1.52. The van der Waals surface area contributed by atoms with Gasteiger partial charge >= 0.3 is 6.09 Å². The molecule has 0 rings (SSSR count). The third-order valence-corrected chi connectivity index (χ3v) is 1.16. The molecule has 0 unspecified atom stereocenters. The van der Waals surface area contributed by atoms with Crippen LogP contribution in [0.3, 0.4) is 0 Å². The van der Waals surface area contributed by atoms with Crippen molar-refractivity contribution in [1.29, 1.82) is 0 Å². The van der Waals surface area contributed by atoms with Gasteiger partial charge in [-0.15, -0.1) is 6.58 Å². The molecule has 0 radical (unpaired) electrons. The first kappa shape index (κ1) is 11.0. The first-order valence-electron chi connectivity index (χ1n) is 3.77. The molecule has 12 heavy (non-hydrogen) atoms. The number of carbonyl (C=O) groups excluding carboxylic acids is 1. The lowest BCUT2D eigenvalue weighted by Gasteiger charge is -2.18. The highest BCUT2D eigenvalue weighted by molar-refractivity contribution is 5.67. The minimum Gasteiger partial charge on any atom is -0.450 e. The number of methoxy groups -OCH3 is 1. The van der Waals surface area contributed by atoms with E-state index in [0.29, 0.717) is 13.2 Å². The molecule has 0 fully saturated rings. The van der Waals surface area contributed by atoms with E-state index in [1.54, 1.807) is 13.0 Å². The van der Waals surface area contributed by atoms with Crippen molar-refractivity contribution in [2.45, 2.75) is 6.92 Å². The van der Waals surface area contributed by atoms with E-state index in [-0.39, 0.29) is 12.8 Å². The van der Waals surface area contributed by atoms with Gasteiger partial charge in [-0.2, -0.15) is 0 Å². The number of nitrogens with zero attached hydrogens (tertiary/aromatic N) is 1. The number of ether oxygens (including phenoxy) is 2. The molecule has 0 saturated carbocycles. The fraction of sp³-hybridized carbons (Fsp3) is 0.625. The third kappa shape index (κ3) is 3.98. The fourth-order valence-electron chi connectivity index (χ4n) is 0.706. The second-order valence-electron chi connectivity index (χ2n) is 2.13. The van der Waals surface area contributed by atoms with Gasteiger partial charge in [-0.3, -0.25) is 4.90 Å². The van der Waals surface area contributed by atoms with Gasteiger partial charge in [-0.05, 0) is 6.92 Å².